The fraction of sp³-hybridized carbons (Fsp3) is 0.391. The van der Waals surface area contributed by atoms with Gasteiger partial charge in [-0.05, 0) is 42.8 Å². The van der Waals surface area contributed by atoms with Gasteiger partial charge in [0.15, 0.2) is 0 Å². The van der Waals surface area contributed by atoms with E-state index >= 15 is 0 Å². The second kappa shape index (κ2) is 11.5. The van der Waals surface area contributed by atoms with Gasteiger partial charge < -0.3 is 25.2 Å². The second-order valence-electron chi connectivity index (χ2n) is 8.46. The quantitative estimate of drug-likeness (QED) is 0.368. The third-order valence-corrected chi connectivity index (χ3v) is 6.21. The number of pyridine rings is 1. The zero-order chi connectivity index (χ0) is 28.2. The van der Waals surface area contributed by atoms with Crippen molar-refractivity contribution in [2.45, 2.75) is 25.9 Å². The predicted octanol–water partition coefficient (Wildman–Crippen LogP) is 5.34. The summed E-state index contributed by atoms with van der Waals surface area (Å²) in [5.74, 6) is 1.50. The fourth-order valence-corrected chi connectivity index (χ4v) is 4.32. The minimum Gasteiger partial charge on any atom is -0.470 e. The summed E-state index contributed by atoms with van der Waals surface area (Å²) in [4.78, 5) is 20.0. The first-order valence-corrected chi connectivity index (χ1v) is 12.4. The largest absolute Gasteiger partial charge is 0.470 e. The first-order valence-electron chi connectivity index (χ1n) is 11.7. The maximum absolute atomic E-state index is 13.1. The summed E-state index contributed by atoms with van der Waals surface area (Å²) >= 11 is 0.954. The lowest BCUT2D eigenvalue weighted by Gasteiger charge is -2.34. The molecule has 4 rings (SSSR count). The number of alkyl halides is 6. The van der Waals surface area contributed by atoms with Gasteiger partial charge in [-0.1, -0.05) is 0 Å². The lowest BCUT2D eigenvalue weighted by atomic mass is 10.1. The second-order valence-corrected chi connectivity index (χ2v) is 8.99. The first kappa shape index (κ1) is 28.2. The van der Waals surface area contributed by atoms with Crippen LogP contribution < -0.4 is 20.3 Å². The topological polar surface area (TPSA) is 95.5 Å². The van der Waals surface area contributed by atoms with Gasteiger partial charge in [-0.2, -0.15) is 30.7 Å². The van der Waals surface area contributed by atoms with E-state index in [1.807, 2.05) is 17.9 Å². The molecule has 0 bridgehead atoms. The predicted molar refractivity (Wildman–Crippen MR) is 132 cm³/mol. The van der Waals surface area contributed by atoms with E-state index in [1.54, 1.807) is 12.3 Å². The summed E-state index contributed by atoms with van der Waals surface area (Å²) in [7, 11) is 0. The molecule has 3 aromatic rings. The normalized spacial score (nSPS) is 14.3. The van der Waals surface area contributed by atoms with E-state index in [0.717, 1.165) is 23.8 Å². The average molecular weight is 576 g/mol. The highest BCUT2D eigenvalue weighted by Crippen LogP contribution is 2.37. The third-order valence-electron chi connectivity index (χ3n) is 5.71. The molecule has 16 heteroatoms. The summed E-state index contributed by atoms with van der Waals surface area (Å²) in [5, 5.41) is 5.27. The van der Waals surface area contributed by atoms with Crippen molar-refractivity contribution >= 4 is 35.1 Å². The number of hydrogen-bond donors (Lipinski definition) is 2. The van der Waals surface area contributed by atoms with Crippen LogP contribution in [0.5, 0.6) is 5.88 Å². The number of aromatic nitrogens is 3. The van der Waals surface area contributed by atoms with E-state index in [1.165, 1.54) is 4.90 Å². The maximum atomic E-state index is 13.1. The van der Waals surface area contributed by atoms with E-state index in [4.69, 9.17) is 4.74 Å². The van der Waals surface area contributed by atoms with Gasteiger partial charge in [0.25, 0.3) is 5.88 Å². The lowest BCUT2D eigenvalue weighted by molar-refractivity contribution is -0.143. The molecule has 0 atom stereocenters. The molecule has 2 amide bonds. The van der Waals surface area contributed by atoms with Crippen LogP contribution in [0.4, 0.5) is 48.5 Å². The van der Waals surface area contributed by atoms with Crippen molar-refractivity contribution in [3.63, 3.8) is 0 Å². The van der Waals surface area contributed by atoms with Crippen LogP contribution in [0.3, 0.4) is 0 Å². The number of halogens is 6. The molecule has 0 spiro atoms. The summed E-state index contributed by atoms with van der Waals surface area (Å²) in [6, 6.07) is 3.79. The van der Waals surface area contributed by atoms with E-state index in [9.17, 15) is 31.1 Å². The number of nitrogens with one attached hydrogen (secondary N) is 2. The number of ether oxygens (including phenoxy) is 1. The fourth-order valence-electron chi connectivity index (χ4n) is 3.80. The van der Waals surface area contributed by atoms with E-state index < -0.39 is 35.2 Å². The van der Waals surface area contributed by atoms with Crippen LogP contribution in [0.25, 0.3) is 0 Å². The molecular formula is C23H23F6N7O2S. The average Bonchev–Trinajstić information content (AvgIpc) is 3.35. The van der Waals surface area contributed by atoms with Crippen molar-refractivity contribution in [2.75, 3.05) is 48.3 Å². The standard InChI is InChI=1S/C23H23F6N7O2S/c1-2-30-18-9-14(3-4-31-18)13-38-20-19(33-39-34-20)35-5-7-36(8-6-35)21(37)32-17-11-15(22(24,25)26)10-16(12-17)23(27,28)29/h3-4,9-12H,2,5-8,13H2,1H3,(H,30,31)(H,32,37). The van der Waals surface area contributed by atoms with Crippen LogP contribution >= 0.6 is 11.7 Å². The zero-order valence-corrected chi connectivity index (χ0v) is 21.3. The number of urea groups is 1. The summed E-state index contributed by atoms with van der Waals surface area (Å²) in [6.45, 7) is 3.77. The van der Waals surface area contributed by atoms with E-state index in [2.05, 4.69) is 24.4 Å². The number of carbonyl (C=O) groups excluding carboxylic acids is 1. The molecule has 0 saturated carbocycles. The van der Waals surface area contributed by atoms with Crippen LogP contribution in [0.15, 0.2) is 36.5 Å². The smallest absolute Gasteiger partial charge is 0.416 e. The molecule has 3 heterocycles. The summed E-state index contributed by atoms with van der Waals surface area (Å²) in [5.41, 5.74) is -2.75. The molecule has 1 saturated heterocycles. The van der Waals surface area contributed by atoms with E-state index in [0.29, 0.717) is 42.7 Å². The molecule has 9 nitrogen and oxygen atoms in total. The SMILES string of the molecule is CCNc1cc(COc2nsnc2N2CCN(C(=O)Nc3cc(C(F)(F)F)cc(C(F)(F)F)c3)CC2)ccn1. The maximum Gasteiger partial charge on any atom is 0.416 e. The number of amides is 2. The van der Waals surface area contributed by atoms with Crippen LogP contribution in [-0.2, 0) is 19.0 Å². The number of nitrogens with zero attached hydrogens (tertiary/aromatic N) is 5. The number of rotatable bonds is 7. The molecule has 2 aromatic heterocycles. The Hall–Kier alpha value is -3.82. The molecule has 39 heavy (non-hydrogen) atoms. The summed E-state index contributed by atoms with van der Waals surface area (Å²) < 4.78 is 93.0. The Labute approximate surface area is 223 Å². The van der Waals surface area contributed by atoms with Gasteiger partial charge in [0.05, 0.1) is 22.9 Å². The van der Waals surface area contributed by atoms with Crippen LogP contribution in [0, 0.1) is 0 Å². The van der Waals surface area contributed by atoms with Crippen molar-refractivity contribution in [2.24, 2.45) is 0 Å². The molecule has 0 radical (unpaired) electrons. The molecule has 1 aliphatic heterocycles. The molecule has 2 N–H and O–H groups in total. The highest BCUT2D eigenvalue weighted by molar-refractivity contribution is 6.99. The van der Waals surface area contributed by atoms with Gasteiger partial charge >= 0.3 is 18.4 Å². The van der Waals surface area contributed by atoms with Crippen molar-refractivity contribution < 1.29 is 35.9 Å². The molecule has 1 aromatic carbocycles. The Morgan fingerprint density at radius 1 is 1.00 bits per heavy atom. The molecule has 0 unspecified atom stereocenters. The van der Waals surface area contributed by atoms with Crippen LogP contribution in [-0.4, -0.2) is 57.4 Å². The molecule has 1 aliphatic rings. The minimum absolute atomic E-state index is 0.00562. The number of carbonyl (C=O) groups is 1. The molecule has 0 aliphatic carbocycles. The zero-order valence-electron chi connectivity index (χ0n) is 20.4. The van der Waals surface area contributed by atoms with Crippen LogP contribution in [0.2, 0.25) is 0 Å². The first-order chi connectivity index (χ1) is 18.4. The van der Waals surface area contributed by atoms with Gasteiger partial charge in [-0.15, -0.1) is 4.37 Å². The van der Waals surface area contributed by atoms with Crippen molar-refractivity contribution in [3.05, 3.63) is 53.2 Å². The Balaban J connectivity index is 1.36. The van der Waals surface area contributed by atoms with Crippen molar-refractivity contribution in [1.82, 2.24) is 18.6 Å². The Morgan fingerprint density at radius 3 is 2.28 bits per heavy atom. The number of piperazine rings is 1. The summed E-state index contributed by atoms with van der Waals surface area (Å²) in [6.07, 6.45) is -8.37. The monoisotopic (exact) mass is 575 g/mol. The van der Waals surface area contributed by atoms with Crippen molar-refractivity contribution in [3.8, 4) is 5.88 Å². The number of benzene rings is 1. The van der Waals surface area contributed by atoms with Gasteiger partial charge in [-0.25, -0.2) is 9.78 Å². The number of anilines is 3. The Bertz CT molecular complexity index is 1260. The van der Waals surface area contributed by atoms with Gasteiger partial charge in [0.1, 0.15) is 12.4 Å². The molecular weight excluding hydrogens is 552 g/mol. The molecule has 1 fully saturated rings. The Morgan fingerprint density at radius 2 is 1.67 bits per heavy atom. The Kier molecular flexibility index (Phi) is 8.32. The van der Waals surface area contributed by atoms with Gasteiger partial charge in [-0.3, -0.25) is 0 Å². The van der Waals surface area contributed by atoms with Gasteiger partial charge in [0, 0.05) is 44.6 Å². The van der Waals surface area contributed by atoms with Gasteiger partial charge in [0.2, 0.25) is 5.82 Å². The lowest BCUT2D eigenvalue weighted by Crippen LogP contribution is -2.50. The number of hydrogen-bond acceptors (Lipinski definition) is 8. The highest BCUT2D eigenvalue weighted by atomic mass is 32.1. The third kappa shape index (κ3) is 7.19. The van der Waals surface area contributed by atoms with E-state index in [-0.39, 0.29) is 25.8 Å². The highest BCUT2D eigenvalue weighted by Gasteiger charge is 2.37. The minimum atomic E-state index is -5.01. The molecule has 210 valence electrons. The van der Waals surface area contributed by atoms with Crippen LogP contribution in [0.1, 0.15) is 23.6 Å². The van der Waals surface area contributed by atoms with Crippen molar-refractivity contribution in [1.29, 1.82) is 0 Å².